The quantitative estimate of drug-likeness (QED) is 0.817. The lowest BCUT2D eigenvalue weighted by Gasteiger charge is -2.31. The van der Waals surface area contributed by atoms with Gasteiger partial charge in [0.2, 0.25) is 0 Å². The maximum Gasteiger partial charge on any atom is 0.133 e. The highest BCUT2D eigenvalue weighted by Crippen LogP contribution is 2.26. The number of piperidine rings is 1. The van der Waals surface area contributed by atoms with Crippen LogP contribution in [0.2, 0.25) is 0 Å². The second-order valence-electron chi connectivity index (χ2n) is 8.72. The van der Waals surface area contributed by atoms with Crippen LogP contribution in [-0.2, 0) is 6.54 Å². The molecule has 142 valence electrons. The van der Waals surface area contributed by atoms with Gasteiger partial charge in [0.25, 0.3) is 0 Å². The molecule has 3 rings (SSSR count). The van der Waals surface area contributed by atoms with Crippen molar-refractivity contribution in [3.8, 4) is 0 Å². The van der Waals surface area contributed by atoms with E-state index in [4.69, 9.17) is 4.98 Å². The number of para-hydroxylation sites is 1. The summed E-state index contributed by atoms with van der Waals surface area (Å²) in [7, 11) is 4.28. The van der Waals surface area contributed by atoms with E-state index in [1.165, 1.54) is 36.0 Å². The van der Waals surface area contributed by atoms with Crippen LogP contribution in [0, 0.1) is 5.41 Å². The number of nitrogens with one attached hydrogen (secondary N) is 1. The Balaban J connectivity index is 1.78. The van der Waals surface area contributed by atoms with Gasteiger partial charge in [0.1, 0.15) is 5.82 Å². The molecule has 0 unspecified atom stereocenters. The van der Waals surface area contributed by atoms with Crippen LogP contribution < -0.4 is 10.2 Å². The molecular formula is C22H34N4. The highest BCUT2D eigenvalue weighted by atomic mass is 15.2. The van der Waals surface area contributed by atoms with Gasteiger partial charge >= 0.3 is 0 Å². The Labute approximate surface area is 158 Å². The molecule has 1 aliphatic rings. The summed E-state index contributed by atoms with van der Waals surface area (Å²) in [5.41, 5.74) is 2.68. The molecule has 0 bridgehead atoms. The van der Waals surface area contributed by atoms with E-state index in [1.54, 1.807) is 0 Å². The lowest BCUT2D eigenvalue weighted by atomic mass is 9.93. The summed E-state index contributed by atoms with van der Waals surface area (Å²) in [4.78, 5) is 9.79. The monoisotopic (exact) mass is 354 g/mol. The maximum atomic E-state index is 5.04. The van der Waals surface area contributed by atoms with Crippen LogP contribution in [-0.4, -0.2) is 50.2 Å². The minimum atomic E-state index is 0.249. The van der Waals surface area contributed by atoms with Crippen LogP contribution in [0.5, 0.6) is 0 Å². The Kier molecular flexibility index (Phi) is 6.15. The Bertz CT molecular complexity index is 717. The zero-order chi connectivity index (χ0) is 18.6. The van der Waals surface area contributed by atoms with E-state index < -0.39 is 0 Å². The summed E-state index contributed by atoms with van der Waals surface area (Å²) in [5, 5.41) is 4.93. The van der Waals surface area contributed by atoms with Crippen LogP contribution >= 0.6 is 0 Å². The molecule has 4 nitrogen and oxygen atoms in total. The van der Waals surface area contributed by atoms with Crippen molar-refractivity contribution in [2.45, 2.75) is 39.7 Å². The van der Waals surface area contributed by atoms with Crippen LogP contribution in [0.25, 0.3) is 10.9 Å². The molecule has 1 fully saturated rings. The van der Waals surface area contributed by atoms with Crippen molar-refractivity contribution in [2.75, 3.05) is 45.2 Å². The first-order chi connectivity index (χ1) is 12.4. The molecule has 1 N–H and O–H groups in total. The third kappa shape index (κ3) is 4.95. The minimum absolute atomic E-state index is 0.249. The summed E-state index contributed by atoms with van der Waals surface area (Å²) in [6.07, 6.45) is 3.89. The number of rotatable bonds is 7. The summed E-state index contributed by atoms with van der Waals surface area (Å²) in [5.74, 6) is 1.18. The molecule has 2 aromatic rings. The Morgan fingerprint density at radius 1 is 1.12 bits per heavy atom. The molecule has 1 aliphatic heterocycles. The van der Waals surface area contributed by atoms with Gasteiger partial charge < -0.3 is 15.1 Å². The molecular weight excluding hydrogens is 320 g/mol. The van der Waals surface area contributed by atoms with E-state index in [-0.39, 0.29) is 5.41 Å². The van der Waals surface area contributed by atoms with Crippen molar-refractivity contribution in [1.82, 2.24) is 15.2 Å². The molecule has 1 saturated heterocycles. The first kappa shape index (κ1) is 19.1. The molecule has 1 aromatic heterocycles. The Morgan fingerprint density at radius 2 is 1.85 bits per heavy atom. The van der Waals surface area contributed by atoms with Crippen LogP contribution in [0.1, 0.15) is 38.7 Å². The van der Waals surface area contributed by atoms with Gasteiger partial charge in [-0.1, -0.05) is 32.0 Å². The highest BCUT2D eigenvalue weighted by molar-refractivity contribution is 5.81. The van der Waals surface area contributed by atoms with Crippen molar-refractivity contribution < 1.29 is 0 Å². The molecule has 0 spiro atoms. The predicted molar refractivity (Wildman–Crippen MR) is 112 cm³/mol. The maximum absolute atomic E-state index is 5.04. The van der Waals surface area contributed by atoms with Crippen LogP contribution in [0.15, 0.2) is 30.3 Å². The summed E-state index contributed by atoms with van der Waals surface area (Å²) >= 11 is 0. The zero-order valence-corrected chi connectivity index (χ0v) is 16.9. The van der Waals surface area contributed by atoms with Gasteiger partial charge in [0, 0.05) is 43.7 Å². The average molecular weight is 355 g/mol. The van der Waals surface area contributed by atoms with Crippen molar-refractivity contribution in [3.63, 3.8) is 0 Å². The molecule has 2 heterocycles. The van der Waals surface area contributed by atoms with E-state index in [9.17, 15) is 0 Å². The van der Waals surface area contributed by atoms with Gasteiger partial charge in [-0.2, -0.15) is 0 Å². The van der Waals surface area contributed by atoms with Gasteiger partial charge in [-0.3, -0.25) is 0 Å². The standard InChI is InChI=1S/C22H34N4/c1-22(2,17-25(3)4)16-23-15-19-14-18-10-6-7-11-20(18)24-21(19)26-12-8-5-9-13-26/h6-7,10-11,14,23H,5,8-9,12-13,15-17H2,1-4H3. The zero-order valence-electron chi connectivity index (χ0n) is 16.9. The van der Waals surface area contributed by atoms with E-state index in [2.05, 4.69) is 73.4 Å². The number of anilines is 1. The topological polar surface area (TPSA) is 31.4 Å². The predicted octanol–water partition coefficient (Wildman–Crippen LogP) is 3.90. The third-order valence-corrected chi connectivity index (χ3v) is 5.10. The fourth-order valence-electron chi connectivity index (χ4n) is 4.11. The number of hydrogen-bond donors (Lipinski definition) is 1. The number of nitrogens with zero attached hydrogens (tertiary/aromatic N) is 3. The fraction of sp³-hybridized carbons (Fsp3) is 0.591. The van der Waals surface area contributed by atoms with Crippen molar-refractivity contribution in [2.24, 2.45) is 5.41 Å². The van der Waals surface area contributed by atoms with Crippen LogP contribution in [0.3, 0.4) is 0 Å². The van der Waals surface area contributed by atoms with Gasteiger partial charge in [-0.15, -0.1) is 0 Å². The van der Waals surface area contributed by atoms with Crippen LogP contribution in [0.4, 0.5) is 5.82 Å². The summed E-state index contributed by atoms with van der Waals surface area (Å²) in [6.45, 7) is 9.86. The molecule has 0 atom stereocenters. The summed E-state index contributed by atoms with van der Waals surface area (Å²) < 4.78 is 0. The average Bonchev–Trinajstić information content (AvgIpc) is 2.60. The molecule has 0 radical (unpaired) electrons. The number of fused-ring (bicyclic) bond motifs is 1. The molecule has 0 saturated carbocycles. The van der Waals surface area contributed by atoms with Gasteiger partial charge in [-0.05, 0) is 50.9 Å². The normalized spacial score (nSPS) is 15.8. The molecule has 1 aromatic carbocycles. The largest absolute Gasteiger partial charge is 0.356 e. The van der Waals surface area contributed by atoms with E-state index in [0.717, 1.165) is 38.2 Å². The number of aromatic nitrogens is 1. The van der Waals surface area contributed by atoms with Crippen molar-refractivity contribution >= 4 is 16.7 Å². The minimum Gasteiger partial charge on any atom is -0.356 e. The van der Waals surface area contributed by atoms with E-state index in [0.29, 0.717) is 0 Å². The Hall–Kier alpha value is -1.65. The second-order valence-corrected chi connectivity index (χ2v) is 8.72. The second kappa shape index (κ2) is 8.36. The smallest absolute Gasteiger partial charge is 0.133 e. The first-order valence-electron chi connectivity index (χ1n) is 9.94. The summed E-state index contributed by atoms with van der Waals surface area (Å²) in [6, 6.07) is 10.8. The van der Waals surface area contributed by atoms with Gasteiger partial charge in [-0.25, -0.2) is 4.98 Å². The molecule has 26 heavy (non-hydrogen) atoms. The third-order valence-electron chi connectivity index (χ3n) is 5.10. The first-order valence-corrected chi connectivity index (χ1v) is 9.94. The number of hydrogen-bond acceptors (Lipinski definition) is 4. The lowest BCUT2D eigenvalue weighted by molar-refractivity contribution is 0.232. The number of pyridine rings is 1. The van der Waals surface area contributed by atoms with Gasteiger partial charge in [0.15, 0.2) is 0 Å². The van der Waals surface area contributed by atoms with Crippen molar-refractivity contribution in [3.05, 3.63) is 35.9 Å². The van der Waals surface area contributed by atoms with E-state index >= 15 is 0 Å². The Morgan fingerprint density at radius 3 is 2.58 bits per heavy atom. The molecule has 4 heteroatoms. The lowest BCUT2D eigenvalue weighted by Crippen LogP contribution is -2.38. The van der Waals surface area contributed by atoms with Gasteiger partial charge in [0.05, 0.1) is 5.52 Å². The van der Waals surface area contributed by atoms with E-state index in [1.807, 2.05) is 0 Å². The highest BCUT2D eigenvalue weighted by Gasteiger charge is 2.20. The molecule has 0 aliphatic carbocycles. The number of benzene rings is 1. The fourth-order valence-corrected chi connectivity index (χ4v) is 4.11. The van der Waals surface area contributed by atoms with Crippen molar-refractivity contribution in [1.29, 1.82) is 0 Å². The molecule has 0 amide bonds. The SMILES string of the molecule is CN(C)CC(C)(C)CNCc1cc2ccccc2nc1N1CCCCC1.